The van der Waals surface area contributed by atoms with Crippen molar-refractivity contribution in [1.29, 1.82) is 0 Å². The summed E-state index contributed by atoms with van der Waals surface area (Å²) in [5, 5.41) is 8.80. The third-order valence-electron chi connectivity index (χ3n) is 2.54. The van der Waals surface area contributed by atoms with Gasteiger partial charge in [0.05, 0.1) is 4.90 Å². The van der Waals surface area contributed by atoms with Crippen molar-refractivity contribution >= 4 is 15.8 Å². The van der Waals surface area contributed by atoms with Crippen molar-refractivity contribution < 1.29 is 13.5 Å². The molecule has 0 saturated carbocycles. The van der Waals surface area contributed by atoms with Gasteiger partial charge in [-0.05, 0) is 36.2 Å². The number of benzene rings is 1. The highest BCUT2D eigenvalue weighted by atomic mass is 32.2. The minimum atomic E-state index is -3.62. The third-order valence-corrected chi connectivity index (χ3v) is 3.91. The van der Waals surface area contributed by atoms with E-state index >= 15 is 0 Å². The number of pyridine rings is 1. The first-order valence-corrected chi connectivity index (χ1v) is 7.24. The summed E-state index contributed by atoms with van der Waals surface area (Å²) in [4.78, 5) is 4.08. The highest BCUT2D eigenvalue weighted by Crippen LogP contribution is 2.14. The van der Waals surface area contributed by atoms with E-state index in [-0.39, 0.29) is 17.3 Å². The van der Waals surface area contributed by atoms with Crippen molar-refractivity contribution in [2.75, 3.05) is 11.3 Å². The fraction of sp³-hybridized carbons (Fsp3) is 0.154. The molecular formula is C13H14N2O3S. The average Bonchev–Trinajstić information content (AvgIpc) is 2.40. The highest BCUT2D eigenvalue weighted by molar-refractivity contribution is 7.92. The van der Waals surface area contributed by atoms with E-state index in [1.807, 2.05) is 0 Å². The van der Waals surface area contributed by atoms with Gasteiger partial charge in [-0.1, -0.05) is 18.2 Å². The molecule has 6 heteroatoms. The number of hydrogen-bond acceptors (Lipinski definition) is 4. The molecular weight excluding hydrogens is 264 g/mol. The molecule has 0 radical (unpaired) electrons. The molecule has 5 nitrogen and oxygen atoms in total. The maximum Gasteiger partial charge on any atom is 0.263 e. The normalized spacial score (nSPS) is 11.2. The van der Waals surface area contributed by atoms with E-state index < -0.39 is 10.0 Å². The van der Waals surface area contributed by atoms with Crippen LogP contribution in [0.4, 0.5) is 5.82 Å². The van der Waals surface area contributed by atoms with Crippen LogP contribution in [0.2, 0.25) is 0 Å². The van der Waals surface area contributed by atoms with Crippen LogP contribution in [0.15, 0.2) is 53.6 Å². The van der Waals surface area contributed by atoms with Crippen LogP contribution in [0.5, 0.6) is 0 Å². The van der Waals surface area contributed by atoms with Gasteiger partial charge in [0.25, 0.3) is 10.0 Å². The number of aliphatic hydroxyl groups is 1. The number of sulfonamides is 1. The van der Waals surface area contributed by atoms with Crippen molar-refractivity contribution in [3.63, 3.8) is 0 Å². The molecule has 0 aliphatic rings. The van der Waals surface area contributed by atoms with Gasteiger partial charge in [0, 0.05) is 12.8 Å². The lowest BCUT2D eigenvalue weighted by molar-refractivity contribution is 0.299. The summed E-state index contributed by atoms with van der Waals surface area (Å²) in [5.74, 6) is 0.280. The van der Waals surface area contributed by atoms with E-state index in [1.54, 1.807) is 30.3 Å². The molecule has 0 atom stereocenters. The second-order valence-electron chi connectivity index (χ2n) is 3.94. The molecule has 0 aliphatic heterocycles. The molecule has 1 heterocycles. The van der Waals surface area contributed by atoms with E-state index in [1.165, 1.54) is 18.3 Å². The molecule has 1 aromatic carbocycles. The van der Waals surface area contributed by atoms with Crippen LogP contribution < -0.4 is 4.72 Å². The Hall–Kier alpha value is -1.92. The Balaban J connectivity index is 2.20. The molecule has 0 amide bonds. The Morgan fingerprint density at radius 3 is 2.42 bits per heavy atom. The maximum absolute atomic E-state index is 12.1. The smallest absolute Gasteiger partial charge is 0.263 e. The van der Waals surface area contributed by atoms with Gasteiger partial charge < -0.3 is 5.11 Å². The first kappa shape index (κ1) is 13.5. The second-order valence-corrected chi connectivity index (χ2v) is 5.62. The molecule has 0 bridgehead atoms. The van der Waals surface area contributed by atoms with Gasteiger partial charge in [0.15, 0.2) is 0 Å². The average molecular weight is 278 g/mol. The largest absolute Gasteiger partial charge is 0.396 e. The molecule has 1 aromatic heterocycles. The number of rotatable bonds is 5. The van der Waals surface area contributed by atoms with Gasteiger partial charge in [0.1, 0.15) is 5.82 Å². The number of hydrogen-bond donors (Lipinski definition) is 2. The molecule has 2 rings (SSSR count). The summed E-state index contributed by atoms with van der Waals surface area (Å²) in [6.45, 7) is 0.0400. The van der Waals surface area contributed by atoms with E-state index in [9.17, 15) is 8.42 Å². The number of nitrogens with zero attached hydrogens (tertiary/aromatic N) is 1. The third kappa shape index (κ3) is 3.52. The fourth-order valence-electron chi connectivity index (χ4n) is 1.58. The zero-order chi connectivity index (χ0) is 13.7. The van der Waals surface area contributed by atoms with Gasteiger partial charge in [-0.2, -0.15) is 0 Å². The maximum atomic E-state index is 12.1. The van der Waals surface area contributed by atoms with Crippen LogP contribution in [0.3, 0.4) is 0 Å². The van der Waals surface area contributed by atoms with E-state index in [2.05, 4.69) is 9.71 Å². The van der Waals surface area contributed by atoms with Gasteiger partial charge in [-0.3, -0.25) is 4.72 Å². The molecule has 0 fully saturated rings. The number of anilines is 1. The Morgan fingerprint density at radius 1 is 1.11 bits per heavy atom. The molecule has 0 unspecified atom stereocenters. The van der Waals surface area contributed by atoms with Gasteiger partial charge >= 0.3 is 0 Å². The van der Waals surface area contributed by atoms with Crippen molar-refractivity contribution in [1.82, 2.24) is 4.98 Å². The Bertz CT molecular complexity index is 625. The van der Waals surface area contributed by atoms with Crippen molar-refractivity contribution in [2.24, 2.45) is 0 Å². The van der Waals surface area contributed by atoms with Crippen molar-refractivity contribution in [3.8, 4) is 0 Å². The predicted molar refractivity (Wildman–Crippen MR) is 72.3 cm³/mol. The van der Waals surface area contributed by atoms with Crippen LogP contribution in [0.1, 0.15) is 5.56 Å². The summed E-state index contributed by atoms with van der Waals surface area (Å²) >= 11 is 0. The Morgan fingerprint density at radius 2 is 1.84 bits per heavy atom. The first-order valence-electron chi connectivity index (χ1n) is 5.75. The van der Waals surface area contributed by atoms with Gasteiger partial charge in [-0.15, -0.1) is 0 Å². The minimum Gasteiger partial charge on any atom is -0.396 e. The van der Waals surface area contributed by atoms with Crippen molar-refractivity contribution in [2.45, 2.75) is 11.3 Å². The number of aliphatic hydroxyl groups excluding tert-OH is 1. The second kappa shape index (κ2) is 5.81. The standard InChI is InChI=1S/C13H14N2O3S/c16-10-8-11-4-6-12(7-5-11)19(17,18)15-13-3-1-2-9-14-13/h1-7,9,16H,8,10H2,(H,14,15). The van der Waals surface area contributed by atoms with Crippen LogP contribution in [0, 0.1) is 0 Å². The van der Waals surface area contributed by atoms with Gasteiger partial charge in [-0.25, -0.2) is 13.4 Å². The van der Waals surface area contributed by atoms with E-state index in [4.69, 9.17) is 5.11 Å². The van der Waals surface area contributed by atoms with Crippen LogP contribution in [0.25, 0.3) is 0 Å². The SMILES string of the molecule is O=S(=O)(Nc1ccccn1)c1ccc(CCO)cc1. The van der Waals surface area contributed by atoms with Gasteiger partial charge in [0.2, 0.25) is 0 Å². The summed E-state index contributed by atoms with van der Waals surface area (Å²) in [5.41, 5.74) is 0.888. The molecule has 0 aliphatic carbocycles. The van der Waals surface area contributed by atoms with Crippen LogP contribution in [-0.2, 0) is 16.4 Å². The topological polar surface area (TPSA) is 79.3 Å². The summed E-state index contributed by atoms with van der Waals surface area (Å²) in [6, 6.07) is 11.4. The number of aromatic nitrogens is 1. The minimum absolute atomic E-state index is 0.0400. The lowest BCUT2D eigenvalue weighted by Crippen LogP contribution is -2.13. The summed E-state index contributed by atoms with van der Waals surface area (Å²) in [7, 11) is -3.62. The molecule has 100 valence electrons. The van der Waals surface area contributed by atoms with Crippen LogP contribution >= 0.6 is 0 Å². The Kier molecular flexibility index (Phi) is 4.13. The molecule has 2 aromatic rings. The van der Waals surface area contributed by atoms with Crippen molar-refractivity contribution in [3.05, 3.63) is 54.2 Å². The fourth-order valence-corrected chi connectivity index (χ4v) is 2.59. The molecule has 2 N–H and O–H groups in total. The zero-order valence-electron chi connectivity index (χ0n) is 10.2. The number of nitrogens with one attached hydrogen (secondary N) is 1. The summed E-state index contributed by atoms with van der Waals surface area (Å²) in [6.07, 6.45) is 2.02. The lowest BCUT2D eigenvalue weighted by atomic mass is 10.2. The van der Waals surface area contributed by atoms with E-state index in [0.29, 0.717) is 6.42 Å². The zero-order valence-corrected chi connectivity index (χ0v) is 11.0. The van der Waals surface area contributed by atoms with E-state index in [0.717, 1.165) is 5.56 Å². The lowest BCUT2D eigenvalue weighted by Gasteiger charge is -2.07. The quantitative estimate of drug-likeness (QED) is 0.867. The molecule has 19 heavy (non-hydrogen) atoms. The predicted octanol–water partition coefficient (Wildman–Crippen LogP) is 1.42. The monoisotopic (exact) mass is 278 g/mol. The Labute approximate surface area is 112 Å². The molecule has 0 spiro atoms. The summed E-state index contributed by atoms with van der Waals surface area (Å²) < 4.78 is 26.5. The highest BCUT2D eigenvalue weighted by Gasteiger charge is 2.14. The van der Waals surface area contributed by atoms with Crippen LogP contribution in [-0.4, -0.2) is 25.1 Å². The molecule has 0 saturated heterocycles. The first-order chi connectivity index (χ1) is 9.12.